The van der Waals surface area contributed by atoms with Gasteiger partial charge in [0.05, 0.1) is 6.61 Å². The summed E-state index contributed by atoms with van der Waals surface area (Å²) in [6, 6.07) is 34.3. The first kappa shape index (κ1) is 32.2. The van der Waals surface area contributed by atoms with Gasteiger partial charge in [-0.15, -0.1) is 0 Å². The number of hydrazine groups is 1. The van der Waals surface area contributed by atoms with E-state index in [1.807, 2.05) is 66.7 Å². The summed E-state index contributed by atoms with van der Waals surface area (Å²) >= 11 is 0. The van der Waals surface area contributed by atoms with Gasteiger partial charge in [-0.1, -0.05) is 90.0 Å². The zero-order chi connectivity index (χ0) is 32.0. The number of aliphatic imine (C=N–C) groups is 1. The largest absolute Gasteiger partial charge is 0.494 e. The van der Waals surface area contributed by atoms with Gasteiger partial charge in [0.25, 0.3) is 5.91 Å². The van der Waals surface area contributed by atoms with Crippen LogP contribution in [0.2, 0.25) is 0 Å². The van der Waals surface area contributed by atoms with E-state index >= 15 is 0 Å². The van der Waals surface area contributed by atoms with E-state index in [0.717, 1.165) is 24.8 Å². The number of nitrogens with zero attached hydrogens (tertiary/aromatic N) is 4. The van der Waals surface area contributed by atoms with Crippen molar-refractivity contribution in [3.8, 4) is 5.75 Å². The van der Waals surface area contributed by atoms with Gasteiger partial charge < -0.3 is 14.6 Å². The molecule has 0 spiro atoms. The van der Waals surface area contributed by atoms with Gasteiger partial charge in [-0.3, -0.25) is 10.2 Å². The summed E-state index contributed by atoms with van der Waals surface area (Å²) in [5, 5.41) is 13.0. The monoisotopic (exact) mass is 618 g/mol. The number of carbonyl (C=O) groups is 1. The van der Waals surface area contributed by atoms with Gasteiger partial charge in [0.2, 0.25) is 5.90 Å². The number of unbranched alkanes of at least 4 members (excludes halogenated alkanes) is 1. The molecule has 10 heteroatoms. The molecule has 4 aromatic carbocycles. The molecule has 0 saturated carbocycles. The highest BCUT2D eigenvalue weighted by molar-refractivity contribution is 6.01. The van der Waals surface area contributed by atoms with Crippen molar-refractivity contribution >= 4 is 17.5 Å². The zero-order valence-electron chi connectivity index (χ0n) is 25.6. The van der Waals surface area contributed by atoms with E-state index in [2.05, 4.69) is 33.0 Å². The highest BCUT2D eigenvalue weighted by atomic mass is 16.5. The van der Waals surface area contributed by atoms with Gasteiger partial charge in [0, 0.05) is 47.7 Å². The predicted octanol–water partition coefficient (Wildman–Crippen LogP) is 6.53. The van der Waals surface area contributed by atoms with E-state index in [1.165, 1.54) is 5.56 Å². The summed E-state index contributed by atoms with van der Waals surface area (Å²) in [6.07, 6.45) is 2.65. The van der Waals surface area contributed by atoms with Crippen LogP contribution in [-0.2, 0) is 22.4 Å². The smallest absolute Gasteiger partial charge is 0.266 e. The Kier molecular flexibility index (Phi) is 11.4. The third-order valence-electron chi connectivity index (χ3n) is 7.78. The van der Waals surface area contributed by atoms with Crippen molar-refractivity contribution in [3.63, 3.8) is 0 Å². The third kappa shape index (κ3) is 8.11. The number of aliphatic hydroxyl groups is 1. The van der Waals surface area contributed by atoms with E-state index in [0.29, 0.717) is 42.1 Å². The number of benzene rings is 4. The maximum atomic E-state index is 14.4. The summed E-state index contributed by atoms with van der Waals surface area (Å²) in [4.78, 5) is 22.4. The molecular formula is C36H38N6O4. The minimum atomic E-state index is -1.44. The van der Waals surface area contributed by atoms with Crippen LogP contribution in [0.1, 0.15) is 47.6 Å². The lowest BCUT2D eigenvalue weighted by Gasteiger charge is -2.31. The summed E-state index contributed by atoms with van der Waals surface area (Å²) in [5.74, 6) is 0.571. The maximum absolute atomic E-state index is 14.4. The number of amides is 1. The number of aliphatic hydroxyl groups excluding tert-OH is 1. The molecule has 2 atom stereocenters. The molecule has 0 aliphatic carbocycles. The van der Waals surface area contributed by atoms with Gasteiger partial charge in [-0.2, -0.15) is 0 Å². The Bertz CT molecular complexity index is 1640. The van der Waals surface area contributed by atoms with E-state index in [9.17, 15) is 10.3 Å². The Labute approximate surface area is 268 Å². The molecule has 10 nitrogen and oxygen atoms in total. The summed E-state index contributed by atoms with van der Waals surface area (Å²) in [7, 11) is 0. The number of hydrogen-bond acceptors (Lipinski definition) is 7. The van der Waals surface area contributed by atoms with Crippen molar-refractivity contribution in [2.75, 3.05) is 19.8 Å². The van der Waals surface area contributed by atoms with Crippen LogP contribution < -0.4 is 15.6 Å². The molecule has 0 aromatic heterocycles. The predicted molar refractivity (Wildman–Crippen MR) is 178 cm³/mol. The Morgan fingerprint density at radius 1 is 0.913 bits per heavy atom. The van der Waals surface area contributed by atoms with Crippen LogP contribution in [0.15, 0.2) is 119 Å². The van der Waals surface area contributed by atoms with Crippen molar-refractivity contribution in [1.82, 2.24) is 10.9 Å². The number of azide groups is 1. The van der Waals surface area contributed by atoms with E-state index < -0.39 is 11.6 Å². The number of hydrogen-bond donors (Lipinski definition) is 3. The summed E-state index contributed by atoms with van der Waals surface area (Å²) < 4.78 is 12.3. The second-order valence-corrected chi connectivity index (χ2v) is 11.0. The van der Waals surface area contributed by atoms with Crippen LogP contribution in [-0.4, -0.2) is 42.2 Å². The Balaban J connectivity index is 1.44. The number of ether oxygens (including phenoxy) is 2. The highest BCUT2D eigenvalue weighted by Crippen LogP contribution is 2.45. The Morgan fingerprint density at radius 2 is 1.61 bits per heavy atom. The Morgan fingerprint density at radius 3 is 2.33 bits per heavy atom. The van der Waals surface area contributed by atoms with Gasteiger partial charge >= 0.3 is 0 Å². The van der Waals surface area contributed by atoms with E-state index in [4.69, 9.17) is 19.6 Å². The van der Waals surface area contributed by atoms with Crippen molar-refractivity contribution < 1.29 is 19.4 Å². The average molecular weight is 619 g/mol. The molecule has 236 valence electrons. The standard InChI is InChI=1S/C36H38N6O4/c37-42-40-32-18-8-7-17-31(32)33-36(26-28-15-5-2-6-16-28,35(44)41-38-23-10-9-14-27-12-3-1-4-13-27)39-34(46-33)29-19-21-30(22-20-29)45-25-11-24-43/h1-8,12-13,15-22,33,38,43H,9-11,14,23-26H2,(H,41,44)/t33-,36-/m0/s1. The second-order valence-electron chi connectivity index (χ2n) is 11.0. The van der Waals surface area contributed by atoms with E-state index in [1.54, 1.807) is 30.3 Å². The van der Waals surface area contributed by atoms with Gasteiger partial charge in [-0.05, 0) is 60.2 Å². The fraction of sp³-hybridized carbons (Fsp3) is 0.278. The topological polar surface area (TPSA) is 141 Å². The van der Waals surface area contributed by atoms with Crippen LogP contribution in [0.3, 0.4) is 0 Å². The minimum absolute atomic E-state index is 0.0511. The molecule has 4 aromatic rings. The average Bonchev–Trinajstić information content (AvgIpc) is 3.48. The molecule has 3 N–H and O–H groups in total. The number of carbonyl (C=O) groups excluding carboxylic acids is 1. The first-order valence-electron chi connectivity index (χ1n) is 15.5. The third-order valence-corrected chi connectivity index (χ3v) is 7.78. The summed E-state index contributed by atoms with van der Waals surface area (Å²) in [5.41, 5.74) is 17.7. The molecule has 0 fully saturated rings. The molecule has 46 heavy (non-hydrogen) atoms. The summed E-state index contributed by atoms with van der Waals surface area (Å²) in [6.45, 7) is 1.02. The highest BCUT2D eigenvalue weighted by Gasteiger charge is 2.54. The maximum Gasteiger partial charge on any atom is 0.266 e. The first-order valence-corrected chi connectivity index (χ1v) is 15.5. The van der Waals surface area contributed by atoms with Crippen LogP contribution in [0, 0.1) is 0 Å². The first-order chi connectivity index (χ1) is 22.6. The molecule has 5 rings (SSSR count). The van der Waals surface area contributed by atoms with Gasteiger partial charge in [-0.25, -0.2) is 10.4 Å². The van der Waals surface area contributed by atoms with Crippen molar-refractivity contribution in [3.05, 3.63) is 142 Å². The molecule has 0 radical (unpaired) electrons. The quantitative estimate of drug-likeness (QED) is 0.0430. The Hall–Kier alpha value is -5.15. The molecule has 1 aliphatic heterocycles. The van der Waals surface area contributed by atoms with Crippen LogP contribution >= 0.6 is 0 Å². The normalized spacial score (nSPS) is 17.0. The van der Waals surface area contributed by atoms with Crippen LogP contribution in [0.5, 0.6) is 5.75 Å². The lowest BCUT2D eigenvalue weighted by molar-refractivity contribution is -0.130. The molecule has 0 unspecified atom stereocenters. The fourth-order valence-corrected chi connectivity index (χ4v) is 5.45. The molecular weight excluding hydrogens is 580 g/mol. The SMILES string of the molecule is [N-]=[N+]=Nc1ccccc1[C@@H]1OC(c2ccc(OCCCO)cc2)=N[C@]1(Cc1ccccc1)C(=O)NNCCCCc1ccccc1. The molecule has 0 bridgehead atoms. The van der Waals surface area contributed by atoms with Crippen LogP contribution in [0.4, 0.5) is 5.69 Å². The molecule has 1 amide bonds. The van der Waals surface area contributed by atoms with Crippen LogP contribution in [0.25, 0.3) is 10.4 Å². The second kappa shape index (κ2) is 16.2. The van der Waals surface area contributed by atoms with Gasteiger partial charge in [0.15, 0.2) is 11.6 Å². The number of nitrogens with one attached hydrogen (secondary N) is 2. The van der Waals surface area contributed by atoms with Gasteiger partial charge in [0.1, 0.15) is 5.75 Å². The number of rotatable bonds is 16. The molecule has 1 aliphatic rings. The zero-order valence-corrected chi connectivity index (χ0v) is 25.6. The lowest BCUT2D eigenvalue weighted by atomic mass is 9.81. The molecule has 0 saturated heterocycles. The van der Waals surface area contributed by atoms with Crippen molar-refractivity contribution in [1.29, 1.82) is 0 Å². The minimum Gasteiger partial charge on any atom is -0.494 e. The molecule has 1 heterocycles. The van der Waals surface area contributed by atoms with Crippen molar-refractivity contribution in [2.45, 2.75) is 43.7 Å². The lowest BCUT2D eigenvalue weighted by Crippen LogP contribution is -2.54. The van der Waals surface area contributed by atoms with Crippen molar-refractivity contribution in [2.24, 2.45) is 10.1 Å². The van der Waals surface area contributed by atoms with E-state index in [-0.39, 0.29) is 24.8 Å². The number of aryl methyl sites for hydroxylation is 1. The fourth-order valence-electron chi connectivity index (χ4n) is 5.45.